The summed E-state index contributed by atoms with van der Waals surface area (Å²) in [6, 6.07) is 13.7. The zero-order valence-electron chi connectivity index (χ0n) is 16.9. The highest BCUT2D eigenvalue weighted by atomic mass is 19.1. The second-order valence-corrected chi connectivity index (χ2v) is 7.64. The molecule has 6 nitrogen and oxygen atoms in total. The van der Waals surface area contributed by atoms with Crippen LogP contribution < -0.4 is 10.2 Å². The molecule has 0 radical (unpaired) electrons. The fourth-order valence-corrected chi connectivity index (χ4v) is 4.04. The number of anilines is 1. The van der Waals surface area contributed by atoms with Crippen LogP contribution in [-0.2, 0) is 4.74 Å². The predicted molar refractivity (Wildman–Crippen MR) is 112 cm³/mol. The zero-order chi connectivity index (χ0) is 20.9. The Morgan fingerprint density at radius 1 is 0.900 bits per heavy atom. The third-order valence-corrected chi connectivity index (χ3v) is 5.72. The molecular formula is C23H26FN3O3. The molecule has 2 fully saturated rings. The summed E-state index contributed by atoms with van der Waals surface area (Å²) in [6.45, 7) is 3.79. The van der Waals surface area contributed by atoms with Gasteiger partial charge in [0, 0.05) is 37.9 Å². The van der Waals surface area contributed by atoms with Gasteiger partial charge in [-0.15, -0.1) is 0 Å². The van der Waals surface area contributed by atoms with Crippen molar-refractivity contribution in [3.8, 4) is 0 Å². The molecule has 2 amide bonds. The lowest BCUT2D eigenvalue weighted by atomic mass is 10.0. The van der Waals surface area contributed by atoms with Gasteiger partial charge in [0.25, 0.3) is 11.8 Å². The average molecular weight is 411 g/mol. The number of morpholine rings is 1. The van der Waals surface area contributed by atoms with E-state index in [2.05, 4.69) is 10.2 Å². The van der Waals surface area contributed by atoms with Crippen LogP contribution in [0, 0.1) is 5.82 Å². The average Bonchev–Trinajstić information content (AvgIpc) is 2.80. The van der Waals surface area contributed by atoms with Crippen LogP contribution in [0.3, 0.4) is 0 Å². The quantitative estimate of drug-likeness (QED) is 0.841. The molecule has 0 saturated carbocycles. The maximum Gasteiger partial charge on any atom is 0.256 e. The highest BCUT2D eigenvalue weighted by Gasteiger charge is 2.26. The fourth-order valence-electron chi connectivity index (χ4n) is 4.04. The van der Waals surface area contributed by atoms with E-state index < -0.39 is 5.82 Å². The van der Waals surface area contributed by atoms with Crippen LogP contribution in [0.4, 0.5) is 10.1 Å². The Labute approximate surface area is 175 Å². The van der Waals surface area contributed by atoms with E-state index in [0.717, 1.165) is 31.6 Å². The van der Waals surface area contributed by atoms with Crippen LogP contribution in [0.25, 0.3) is 0 Å². The molecule has 0 aliphatic carbocycles. The van der Waals surface area contributed by atoms with Crippen molar-refractivity contribution in [1.29, 1.82) is 0 Å². The van der Waals surface area contributed by atoms with Gasteiger partial charge in [0.15, 0.2) is 0 Å². The number of nitrogens with one attached hydrogen (secondary N) is 1. The van der Waals surface area contributed by atoms with Crippen molar-refractivity contribution in [3.63, 3.8) is 0 Å². The van der Waals surface area contributed by atoms with Crippen molar-refractivity contribution < 1.29 is 18.7 Å². The minimum atomic E-state index is -0.511. The Balaban J connectivity index is 1.39. The number of nitrogens with zero attached hydrogens (tertiary/aromatic N) is 2. The second-order valence-electron chi connectivity index (χ2n) is 7.64. The number of rotatable bonds is 4. The Morgan fingerprint density at radius 2 is 1.53 bits per heavy atom. The van der Waals surface area contributed by atoms with Crippen molar-refractivity contribution in [2.75, 3.05) is 44.3 Å². The molecule has 0 bridgehead atoms. The zero-order valence-corrected chi connectivity index (χ0v) is 16.9. The topological polar surface area (TPSA) is 61.9 Å². The second kappa shape index (κ2) is 9.26. The number of hydrogen-bond acceptors (Lipinski definition) is 4. The first kappa shape index (κ1) is 20.3. The monoisotopic (exact) mass is 411 g/mol. The van der Waals surface area contributed by atoms with E-state index in [-0.39, 0.29) is 23.4 Å². The van der Waals surface area contributed by atoms with Crippen LogP contribution in [-0.4, -0.2) is 62.1 Å². The molecule has 30 heavy (non-hydrogen) atoms. The van der Waals surface area contributed by atoms with Crippen molar-refractivity contribution >= 4 is 17.5 Å². The van der Waals surface area contributed by atoms with E-state index in [0.29, 0.717) is 31.9 Å². The number of hydrogen-bond donors (Lipinski definition) is 1. The number of carbonyl (C=O) groups is 2. The van der Waals surface area contributed by atoms with E-state index in [1.165, 1.54) is 12.1 Å². The minimum absolute atomic E-state index is 0.0181. The van der Waals surface area contributed by atoms with Crippen molar-refractivity contribution in [2.45, 2.75) is 18.9 Å². The van der Waals surface area contributed by atoms with Crippen LogP contribution in [0.15, 0.2) is 48.5 Å². The Hall–Kier alpha value is -2.93. The molecule has 2 aromatic rings. The summed E-state index contributed by atoms with van der Waals surface area (Å²) in [5, 5.41) is 2.94. The summed E-state index contributed by atoms with van der Waals surface area (Å²) in [6.07, 6.45) is 1.47. The van der Waals surface area contributed by atoms with Crippen molar-refractivity contribution in [2.24, 2.45) is 0 Å². The van der Waals surface area contributed by atoms with Crippen LogP contribution in [0.2, 0.25) is 0 Å². The van der Waals surface area contributed by atoms with Crippen molar-refractivity contribution in [3.05, 3.63) is 65.5 Å². The molecule has 2 heterocycles. The predicted octanol–water partition coefficient (Wildman–Crippen LogP) is 2.70. The molecule has 158 valence electrons. The third-order valence-electron chi connectivity index (χ3n) is 5.72. The first-order chi connectivity index (χ1) is 14.6. The number of piperidine rings is 1. The van der Waals surface area contributed by atoms with Crippen LogP contribution in [0.5, 0.6) is 0 Å². The first-order valence-corrected chi connectivity index (χ1v) is 10.4. The maximum absolute atomic E-state index is 13.8. The van der Waals surface area contributed by atoms with Gasteiger partial charge in [-0.05, 0) is 37.1 Å². The lowest BCUT2D eigenvalue weighted by molar-refractivity contribution is 0.0303. The lowest BCUT2D eigenvalue weighted by Crippen LogP contribution is -2.46. The van der Waals surface area contributed by atoms with Gasteiger partial charge in [-0.25, -0.2) is 4.39 Å². The fraction of sp³-hybridized carbons (Fsp3) is 0.391. The summed E-state index contributed by atoms with van der Waals surface area (Å²) in [4.78, 5) is 29.4. The number of ether oxygens (including phenoxy) is 1. The largest absolute Gasteiger partial charge is 0.378 e. The number of para-hydroxylation sites is 1. The number of halogens is 1. The van der Waals surface area contributed by atoms with Gasteiger partial charge < -0.3 is 19.9 Å². The first-order valence-electron chi connectivity index (χ1n) is 10.4. The molecule has 4 rings (SSSR count). The SMILES string of the molecule is O=C(NC1CCN(c2ccccc2C(=O)N2CCOCC2)CC1)c1ccccc1F. The van der Waals surface area contributed by atoms with Crippen LogP contribution in [0.1, 0.15) is 33.6 Å². The molecule has 2 saturated heterocycles. The molecule has 0 spiro atoms. The molecular weight excluding hydrogens is 385 g/mol. The Kier molecular flexibility index (Phi) is 6.28. The number of carbonyl (C=O) groups excluding carboxylic acids is 2. The van der Waals surface area contributed by atoms with E-state index in [9.17, 15) is 14.0 Å². The van der Waals surface area contributed by atoms with E-state index in [4.69, 9.17) is 4.74 Å². The summed E-state index contributed by atoms with van der Waals surface area (Å²) < 4.78 is 19.2. The molecule has 1 N–H and O–H groups in total. The summed E-state index contributed by atoms with van der Waals surface area (Å²) >= 11 is 0. The molecule has 0 unspecified atom stereocenters. The highest BCUT2D eigenvalue weighted by molar-refractivity contribution is 6.00. The maximum atomic E-state index is 13.8. The van der Waals surface area contributed by atoms with Gasteiger partial charge in [-0.3, -0.25) is 9.59 Å². The third kappa shape index (κ3) is 4.46. The molecule has 2 aliphatic rings. The van der Waals surface area contributed by atoms with Gasteiger partial charge in [-0.1, -0.05) is 24.3 Å². The summed E-state index contributed by atoms with van der Waals surface area (Å²) in [5.74, 6) is -0.860. The lowest BCUT2D eigenvalue weighted by Gasteiger charge is -2.35. The van der Waals surface area contributed by atoms with Gasteiger partial charge in [0.1, 0.15) is 5.82 Å². The van der Waals surface area contributed by atoms with E-state index >= 15 is 0 Å². The molecule has 2 aliphatic heterocycles. The van der Waals surface area contributed by atoms with Gasteiger partial charge >= 0.3 is 0 Å². The standard InChI is InChI=1S/C23H26FN3O3/c24-20-7-3-1-5-18(20)22(28)25-17-9-11-26(12-10-17)21-8-4-2-6-19(21)23(29)27-13-15-30-16-14-27/h1-8,17H,9-16H2,(H,25,28). The van der Waals surface area contributed by atoms with E-state index in [1.54, 1.807) is 12.1 Å². The summed E-state index contributed by atoms with van der Waals surface area (Å²) in [7, 11) is 0. The van der Waals surface area contributed by atoms with Gasteiger partial charge in [0.05, 0.1) is 24.3 Å². The molecule has 7 heteroatoms. The number of benzene rings is 2. The van der Waals surface area contributed by atoms with Gasteiger partial charge in [0.2, 0.25) is 0 Å². The Bertz CT molecular complexity index is 906. The molecule has 2 aromatic carbocycles. The van der Waals surface area contributed by atoms with Crippen molar-refractivity contribution in [1.82, 2.24) is 10.2 Å². The van der Waals surface area contributed by atoms with Crippen LogP contribution >= 0.6 is 0 Å². The minimum Gasteiger partial charge on any atom is -0.378 e. The Morgan fingerprint density at radius 3 is 2.23 bits per heavy atom. The highest BCUT2D eigenvalue weighted by Crippen LogP contribution is 2.26. The van der Waals surface area contributed by atoms with Gasteiger partial charge in [-0.2, -0.15) is 0 Å². The van der Waals surface area contributed by atoms with E-state index in [1.807, 2.05) is 29.2 Å². The molecule has 0 atom stereocenters. The smallest absolute Gasteiger partial charge is 0.256 e. The normalized spacial score (nSPS) is 17.6. The molecule has 0 aromatic heterocycles. The number of amides is 2. The summed E-state index contributed by atoms with van der Waals surface area (Å²) in [5.41, 5.74) is 1.70.